The number of piperidine rings is 1. The summed E-state index contributed by atoms with van der Waals surface area (Å²) in [6, 6.07) is 32.7. The first-order valence-electron chi connectivity index (χ1n) is 20.9. The molecule has 0 saturated carbocycles. The van der Waals surface area contributed by atoms with E-state index < -0.39 is 58.9 Å². The number of sulfone groups is 1. The number of hydrogen-bond acceptors (Lipinski definition) is 11. The summed E-state index contributed by atoms with van der Waals surface area (Å²) in [7, 11) is -11.0. The number of nitrogens with zero attached hydrogens (tertiary/aromatic N) is 2. The zero-order valence-corrected chi connectivity index (χ0v) is 37.9. The van der Waals surface area contributed by atoms with Crippen LogP contribution in [0.2, 0.25) is 5.02 Å². The van der Waals surface area contributed by atoms with Crippen molar-refractivity contribution in [1.82, 2.24) is 14.9 Å². The first kappa shape index (κ1) is 47.3. The number of anilines is 2. The van der Waals surface area contributed by atoms with Crippen molar-refractivity contribution in [2.75, 3.05) is 61.8 Å². The Balaban J connectivity index is 1.05. The largest absolute Gasteiger partial charge is 0.501 e. The Morgan fingerprint density at radius 2 is 1.53 bits per heavy atom. The van der Waals surface area contributed by atoms with E-state index in [-0.39, 0.29) is 11.5 Å². The van der Waals surface area contributed by atoms with Gasteiger partial charge in [-0.25, -0.2) is 21.6 Å². The molecular formula is C46H49ClF3N5O6S3. The summed E-state index contributed by atoms with van der Waals surface area (Å²) >= 11 is 7.56. The molecule has 2 saturated heterocycles. The van der Waals surface area contributed by atoms with Crippen LogP contribution in [0.4, 0.5) is 24.5 Å². The second kappa shape index (κ2) is 20.7. The number of hydrogen-bond donors (Lipinski definition) is 4. The standard InChI is InChI=1S/C46H49ClF3N5O6S3/c47-35-15-13-32(14-16-35)40-11-4-5-12-41(40)44(56)33-19-25-55(26-20-33)37-8-6-7-34(29-37)45(57)53-64(60,61)39-17-18-42(43(30-39)63(58,59)46(48,49)50)52-36(21-24-54-27-22-51-23-28-54)31-62-38-9-2-1-3-10-38/h1-18,29-30,33,36,44,51-52,56H,19-28,31H2,(H,53,57)/t36-,44+/m1/s1. The monoisotopic (exact) mass is 955 g/mol. The molecular weight excluding hydrogens is 907 g/mol. The first-order chi connectivity index (χ1) is 30.6. The number of benzene rings is 5. The highest BCUT2D eigenvalue weighted by molar-refractivity contribution is 7.99. The van der Waals surface area contributed by atoms with Crippen LogP contribution in [0.15, 0.2) is 136 Å². The Morgan fingerprint density at radius 1 is 0.844 bits per heavy atom. The smallest absolute Gasteiger partial charge is 0.388 e. The minimum atomic E-state index is -6.07. The molecule has 5 aromatic carbocycles. The van der Waals surface area contributed by atoms with Gasteiger partial charge in [-0.15, -0.1) is 11.8 Å². The molecule has 2 heterocycles. The molecule has 4 N–H and O–H groups in total. The van der Waals surface area contributed by atoms with Gasteiger partial charge in [-0.3, -0.25) is 4.79 Å². The number of aliphatic hydroxyl groups excluding tert-OH is 1. The van der Waals surface area contributed by atoms with Crippen molar-refractivity contribution in [3.8, 4) is 11.1 Å². The number of amides is 1. The molecule has 2 atom stereocenters. The molecule has 0 spiro atoms. The van der Waals surface area contributed by atoms with E-state index in [2.05, 4.69) is 15.5 Å². The van der Waals surface area contributed by atoms with Crippen molar-refractivity contribution >= 4 is 60.5 Å². The number of nitrogens with one attached hydrogen (secondary N) is 3. The van der Waals surface area contributed by atoms with E-state index in [1.54, 1.807) is 24.3 Å². The number of sulfonamides is 1. The number of thioether (sulfide) groups is 1. The highest BCUT2D eigenvalue weighted by Gasteiger charge is 2.48. The van der Waals surface area contributed by atoms with E-state index in [9.17, 15) is 39.9 Å². The van der Waals surface area contributed by atoms with Crippen LogP contribution in [-0.2, 0) is 19.9 Å². The molecule has 1 amide bonds. The molecule has 2 fully saturated rings. The SMILES string of the molecule is O=C(NS(=O)(=O)c1ccc(N[C@H](CCN2CCNCC2)CSc2ccccc2)c(S(=O)(=O)C(F)(F)F)c1)c1cccc(N2CCC([C@H](O)c3ccccc3-c3ccc(Cl)cc3)CC2)c1. The lowest BCUT2D eigenvalue weighted by atomic mass is 9.84. The maximum atomic E-state index is 14.2. The number of piperazine rings is 1. The van der Waals surface area contributed by atoms with Gasteiger partial charge in [0.1, 0.15) is 4.90 Å². The Labute approximate surface area is 381 Å². The summed E-state index contributed by atoms with van der Waals surface area (Å²) in [5, 5.41) is 18.4. The summed E-state index contributed by atoms with van der Waals surface area (Å²) in [6.45, 7) is 4.80. The molecule has 2 aliphatic heterocycles. The molecule has 340 valence electrons. The van der Waals surface area contributed by atoms with Crippen molar-refractivity contribution in [3.63, 3.8) is 0 Å². The van der Waals surface area contributed by atoms with Gasteiger partial charge in [0.05, 0.1) is 16.7 Å². The van der Waals surface area contributed by atoms with Crippen LogP contribution < -0.4 is 20.3 Å². The molecule has 0 radical (unpaired) electrons. The lowest BCUT2D eigenvalue weighted by molar-refractivity contribution is -0.0435. The van der Waals surface area contributed by atoms with Gasteiger partial charge in [0, 0.05) is 78.8 Å². The van der Waals surface area contributed by atoms with Crippen LogP contribution >= 0.6 is 23.4 Å². The predicted molar refractivity (Wildman–Crippen MR) is 246 cm³/mol. The molecule has 5 aromatic rings. The van der Waals surface area contributed by atoms with E-state index >= 15 is 0 Å². The summed E-state index contributed by atoms with van der Waals surface area (Å²) in [6.07, 6.45) is 0.963. The van der Waals surface area contributed by atoms with Gasteiger partial charge in [0.15, 0.2) is 0 Å². The van der Waals surface area contributed by atoms with E-state index in [1.807, 2.05) is 76.4 Å². The molecule has 64 heavy (non-hydrogen) atoms. The van der Waals surface area contributed by atoms with Crippen molar-refractivity contribution in [2.24, 2.45) is 5.92 Å². The van der Waals surface area contributed by atoms with Gasteiger partial charge in [-0.1, -0.05) is 72.3 Å². The van der Waals surface area contributed by atoms with Crippen LogP contribution in [0.1, 0.15) is 41.3 Å². The fraction of sp³-hybridized carbons (Fsp3) is 0.326. The van der Waals surface area contributed by atoms with Gasteiger partial charge in [-0.05, 0) is 103 Å². The van der Waals surface area contributed by atoms with Crippen molar-refractivity contribution in [1.29, 1.82) is 0 Å². The van der Waals surface area contributed by atoms with Crippen LogP contribution in [0.25, 0.3) is 11.1 Å². The highest BCUT2D eigenvalue weighted by atomic mass is 35.5. The maximum absolute atomic E-state index is 14.2. The van der Waals surface area contributed by atoms with Crippen LogP contribution in [0, 0.1) is 5.92 Å². The quantitative estimate of drug-likeness (QED) is 0.0710. The number of halogens is 4. The van der Waals surface area contributed by atoms with E-state index in [0.29, 0.717) is 61.4 Å². The summed E-state index contributed by atoms with van der Waals surface area (Å²) < 4.78 is 98.0. The van der Waals surface area contributed by atoms with Gasteiger partial charge < -0.3 is 25.5 Å². The minimum absolute atomic E-state index is 0.0372. The number of carbonyl (C=O) groups excluding carboxylic acids is 1. The number of aliphatic hydroxyl groups is 1. The van der Waals surface area contributed by atoms with Crippen LogP contribution in [-0.4, -0.2) is 95.9 Å². The summed E-state index contributed by atoms with van der Waals surface area (Å²) in [5.74, 6) is -0.749. The van der Waals surface area contributed by atoms with E-state index in [0.717, 1.165) is 59.9 Å². The Kier molecular flexibility index (Phi) is 15.3. The third-order valence-corrected chi connectivity index (χ3v) is 15.8. The average molecular weight is 957 g/mol. The van der Waals surface area contributed by atoms with Gasteiger partial charge in [0.25, 0.3) is 25.8 Å². The third-order valence-electron chi connectivity index (χ3n) is 11.5. The van der Waals surface area contributed by atoms with Crippen molar-refractivity contribution in [3.05, 3.63) is 137 Å². The van der Waals surface area contributed by atoms with Crippen molar-refractivity contribution in [2.45, 2.75) is 51.6 Å². The second-order valence-electron chi connectivity index (χ2n) is 15.8. The molecule has 11 nitrogen and oxygen atoms in total. The first-order valence-corrected chi connectivity index (χ1v) is 25.2. The number of alkyl halides is 3. The highest BCUT2D eigenvalue weighted by Crippen LogP contribution is 2.39. The zero-order valence-electron chi connectivity index (χ0n) is 34.7. The third kappa shape index (κ3) is 11.6. The lowest BCUT2D eigenvalue weighted by Gasteiger charge is -2.36. The fourth-order valence-electron chi connectivity index (χ4n) is 8.00. The molecule has 0 aromatic heterocycles. The summed E-state index contributed by atoms with van der Waals surface area (Å²) in [5.41, 5.74) is -2.91. The average Bonchev–Trinajstić information content (AvgIpc) is 3.30. The Bertz CT molecular complexity index is 2610. The molecule has 0 bridgehead atoms. The zero-order chi connectivity index (χ0) is 45.5. The molecule has 0 unspecified atom stereocenters. The number of rotatable bonds is 16. The molecule has 2 aliphatic rings. The molecule has 18 heteroatoms. The van der Waals surface area contributed by atoms with Gasteiger partial charge in [0.2, 0.25) is 0 Å². The molecule has 7 rings (SSSR count). The van der Waals surface area contributed by atoms with Crippen LogP contribution in [0.5, 0.6) is 0 Å². The minimum Gasteiger partial charge on any atom is -0.388 e. The maximum Gasteiger partial charge on any atom is 0.501 e. The van der Waals surface area contributed by atoms with Crippen LogP contribution in [0.3, 0.4) is 0 Å². The Hall–Kier alpha value is -4.62. The lowest BCUT2D eigenvalue weighted by Crippen LogP contribution is -2.44. The fourth-order valence-corrected chi connectivity index (χ4v) is 11.1. The van der Waals surface area contributed by atoms with E-state index in [1.165, 1.54) is 23.9 Å². The topological polar surface area (TPSA) is 148 Å². The predicted octanol–water partition coefficient (Wildman–Crippen LogP) is 8.24. The molecule has 0 aliphatic carbocycles. The van der Waals surface area contributed by atoms with Gasteiger partial charge in [-0.2, -0.15) is 13.2 Å². The summed E-state index contributed by atoms with van der Waals surface area (Å²) in [4.78, 5) is 16.6. The van der Waals surface area contributed by atoms with Crippen molar-refractivity contribution < 1.29 is 39.9 Å². The van der Waals surface area contributed by atoms with Gasteiger partial charge >= 0.3 is 5.51 Å². The van der Waals surface area contributed by atoms with E-state index in [4.69, 9.17) is 11.6 Å². The normalized spacial score (nSPS) is 16.5. The number of carbonyl (C=O) groups is 1. The second-order valence-corrected chi connectivity index (χ2v) is 20.9. The Morgan fingerprint density at radius 3 is 2.23 bits per heavy atom.